The Hall–Kier alpha value is -1.96. The summed E-state index contributed by atoms with van der Waals surface area (Å²) in [7, 11) is 0. The average Bonchev–Trinajstić information content (AvgIpc) is 3.27. The van der Waals surface area contributed by atoms with E-state index in [2.05, 4.69) is 0 Å². The Balaban J connectivity index is 1.66. The molecule has 0 atom stereocenters. The van der Waals surface area contributed by atoms with E-state index in [1.807, 2.05) is 79.6 Å². The predicted octanol–water partition coefficient (Wildman–Crippen LogP) is 5.17. The first-order valence-electron chi connectivity index (χ1n) is 9.39. The average molecular weight is 445 g/mol. The second-order valence-electron chi connectivity index (χ2n) is 7.74. The van der Waals surface area contributed by atoms with Gasteiger partial charge in [0.2, 0.25) is 5.91 Å². The lowest BCUT2D eigenvalue weighted by molar-refractivity contribution is -0.137. The molecule has 1 aliphatic heterocycles. The minimum atomic E-state index is -0.318. The van der Waals surface area contributed by atoms with Gasteiger partial charge in [0.15, 0.2) is 0 Å². The van der Waals surface area contributed by atoms with Gasteiger partial charge in [0.05, 0.1) is 4.91 Å². The van der Waals surface area contributed by atoms with Gasteiger partial charge in [-0.2, -0.15) is 0 Å². The number of amides is 2. The van der Waals surface area contributed by atoms with Crippen LogP contribution in [0.25, 0.3) is 6.08 Å². The smallest absolute Gasteiger partial charge is 0.266 e. The Morgan fingerprint density at radius 3 is 2.52 bits per heavy atom. The maximum atomic E-state index is 13.0. The third kappa shape index (κ3) is 5.56. The summed E-state index contributed by atoms with van der Waals surface area (Å²) in [6, 6.07) is 13.9. The lowest BCUT2D eigenvalue weighted by Crippen LogP contribution is -2.46. The number of nitrogens with zero attached hydrogens (tertiary/aromatic N) is 2. The van der Waals surface area contributed by atoms with E-state index >= 15 is 0 Å². The third-order valence-electron chi connectivity index (χ3n) is 4.53. The molecule has 0 spiro atoms. The van der Waals surface area contributed by atoms with E-state index in [0.717, 1.165) is 10.4 Å². The highest BCUT2D eigenvalue weighted by Gasteiger charge is 2.33. The van der Waals surface area contributed by atoms with E-state index < -0.39 is 0 Å². The molecule has 2 aromatic rings. The van der Waals surface area contributed by atoms with Gasteiger partial charge in [-0.1, -0.05) is 60.4 Å². The molecular weight excluding hydrogens is 420 g/mol. The maximum Gasteiger partial charge on any atom is 0.266 e. The SMILES string of the molecule is CC(C)(C)N(Cc1ccccc1)C(=O)CCN1C(=O)C(=Cc2cccs2)SC1=S. The molecule has 2 amide bonds. The van der Waals surface area contributed by atoms with Gasteiger partial charge in [-0.15, -0.1) is 11.3 Å². The van der Waals surface area contributed by atoms with Gasteiger partial charge < -0.3 is 4.90 Å². The van der Waals surface area contributed by atoms with Crippen LogP contribution in [0, 0.1) is 0 Å². The van der Waals surface area contributed by atoms with Crippen LogP contribution in [-0.4, -0.2) is 38.0 Å². The van der Waals surface area contributed by atoms with Crippen molar-refractivity contribution in [2.45, 2.75) is 39.3 Å². The zero-order valence-corrected chi connectivity index (χ0v) is 19.2. The molecule has 0 radical (unpaired) electrons. The monoisotopic (exact) mass is 444 g/mol. The van der Waals surface area contributed by atoms with Gasteiger partial charge in [0.25, 0.3) is 5.91 Å². The second-order valence-corrected chi connectivity index (χ2v) is 10.4. The summed E-state index contributed by atoms with van der Waals surface area (Å²) in [5.41, 5.74) is 0.766. The van der Waals surface area contributed by atoms with E-state index in [0.29, 0.717) is 22.3 Å². The fraction of sp³-hybridized carbons (Fsp3) is 0.318. The van der Waals surface area contributed by atoms with Gasteiger partial charge in [0.1, 0.15) is 4.32 Å². The highest BCUT2D eigenvalue weighted by Crippen LogP contribution is 2.33. The first-order valence-corrected chi connectivity index (χ1v) is 11.5. The largest absolute Gasteiger partial charge is 0.333 e. The van der Waals surface area contributed by atoms with Gasteiger partial charge in [-0.25, -0.2) is 0 Å². The summed E-state index contributed by atoms with van der Waals surface area (Å²) < 4.78 is 0.510. The van der Waals surface area contributed by atoms with E-state index in [1.165, 1.54) is 11.8 Å². The molecular formula is C22H24N2O2S3. The molecule has 3 rings (SSSR count). The second kappa shape index (κ2) is 9.24. The van der Waals surface area contributed by atoms with Crippen molar-refractivity contribution >= 4 is 57.5 Å². The van der Waals surface area contributed by atoms with E-state index in [1.54, 1.807) is 16.2 Å². The molecule has 29 heavy (non-hydrogen) atoms. The Kier molecular flexibility index (Phi) is 6.93. The van der Waals surface area contributed by atoms with Crippen molar-refractivity contribution in [3.05, 3.63) is 63.2 Å². The van der Waals surface area contributed by atoms with Gasteiger partial charge in [-0.05, 0) is 43.9 Å². The number of carbonyl (C=O) groups is 2. The lowest BCUT2D eigenvalue weighted by atomic mass is 10.0. The molecule has 0 bridgehead atoms. The van der Waals surface area contributed by atoms with Gasteiger partial charge >= 0.3 is 0 Å². The van der Waals surface area contributed by atoms with Crippen LogP contribution in [0.15, 0.2) is 52.7 Å². The molecule has 0 saturated carbocycles. The zero-order chi connectivity index (χ0) is 21.0. The fourth-order valence-corrected chi connectivity index (χ4v) is 5.03. The van der Waals surface area contributed by atoms with Crippen LogP contribution in [0.3, 0.4) is 0 Å². The maximum absolute atomic E-state index is 13.0. The van der Waals surface area contributed by atoms with Crippen molar-refractivity contribution in [3.8, 4) is 0 Å². The van der Waals surface area contributed by atoms with E-state index in [9.17, 15) is 9.59 Å². The highest BCUT2D eigenvalue weighted by molar-refractivity contribution is 8.26. The number of benzene rings is 1. The minimum absolute atomic E-state index is 0.0117. The Morgan fingerprint density at radius 1 is 1.17 bits per heavy atom. The number of thiocarbonyl (C=S) groups is 1. The molecule has 0 unspecified atom stereocenters. The van der Waals surface area contributed by atoms with Crippen LogP contribution in [0.4, 0.5) is 0 Å². The van der Waals surface area contributed by atoms with Crippen molar-refractivity contribution in [2.24, 2.45) is 0 Å². The molecule has 1 aliphatic rings. The van der Waals surface area contributed by atoms with E-state index in [-0.39, 0.29) is 23.8 Å². The van der Waals surface area contributed by atoms with Gasteiger partial charge in [0, 0.05) is 29.9 Å². The first kappa shape index (κ1) is 21.7. The molecule has 1 fully saturated rings. The summed E-state index contributed by atoms with van der Waals surface area (Å²) >= 11 is 8.27. The van der Waals surface area contributed by atoms with Crippen LogP contribution in [0.2, 0.25) is 0 Å². The van der Waals surface area contributed by atoms with Crippen LogP contribution in [0.5, 0.6) is 0 Å². The van der Waals surface area contributed by atoms with Crippen molar-refractivity contribution in [1.29, 1.82) is 0 Å². The van der Waals surface area contributed by atoms with Crippen molar-refractivity contribution in [1.82, 2.24) is 9.80 Å². The number of carbonyl (C=O) groups excluding carboxylic acids is 2. The summed E-state index contributed by atoms with van der Waals surface area (Å²) in [6.45, 7) is 6.91. The number of hydrogen-bond donors (Lipinski definition) is 0. The van der Waals surface area contributed by atoms with Crippen molar-refractivity contribution < 1.29 is 9.59 Å². The van der Waals surface area contributed by atoms with Crippen molar-refractivity contribution in [2.75, 3.05) is 6.54 Å². The van der Waals surface area contributed by atoms with Crippen molar-refractivity contribution in [3.63, 3.8) is 0 Å². The normalized spacial score (nSPS) is 16.0. The summed E-state index contributed by atoms with van der Waals surface area (Å²) in [5, 5.41) is 1.97. The number of hydrogen-bond acceptors (Lipinski definition) is 5. The van der Waals surface area contributed by atoms with Crippen LogP contribution in [0.1, 0.15) is 37.6 Å². The zero-order valence-electron chi connectivity index (χ0n) is 16.8. The Labute approximate surface area is 185 Å². The fourth-order valence-electron chi connectivity index (χ4n) is 3.00. The molecule has 0 N–H and O–H groups in total. The summed E-state index contributed by atoms with van der Waals surface area (Å²) in [4.78, 5) is 30.8. The minimum Gasteiger partial charge on any atom is -0.333 e. The quantitative estimate of drug-likeness (QED) is 0.455. The third-order valence-corrected chi connectivity index (χ3v) is 6.73. The summed E-state index contributed by atoms with van der Waals surface area (Å²) in [5.74, 6) is -0.107. The molecule has 1 aromatic carbocycles. The first-order chi connectivity index (χ1) is 13.8. The molecule has 1 aromatic heterocycles. The number of rotatable bonds is 6. The molecule has 4 nitrogen and oxygen atoms in total. The summed E-state index contributed by atoms with van der Waals surface area (Å²) in [6.07, 6.45) is 2.10. The molecule has 7 heteroatoms. The molecule has 152 valence electrons. The van der Waals surface area contributed by atoms with E-state index in [4.69, 9.17) is 12.2 Å². The Morgan fingerprint density at radius 2 is 1.90 bits per heavy atom. The topological polar surface area (TPSA) is 40.6 Å². The highest BCUT2D eigenvalue weighted by atomic mass is 32.2. The van der Waals surface area contributed by atoms with Crippen LogP contribution in [-0.2, 0) is 16.1 Å². The number of thioether (sulfide) groups is 1. The predicted molar refractivity (Wildman–Crippen MR) is 126 cm³/mol. The van der Waals surface area contributed by atoms with Gasteiger partial charge in [-0.3, -0.25) is 14.5 Å². The van der Waals surface area contributed by atoms with Crippen LogP contribution >= 0.6 is 35.3 Å². The van der Waals surface area contributed by atoms with Crippen LogP contribution < -0.4 is 0 Å². The number of thiophene rings is 1. The Bertz CT molecular complexity index is 915. The molecule has 1 saturated heterocycles. The molecule has 0 aliphatic carbocycles. The molecule has 2 heterocycles. The lowest BCUT2D eigenvalue weighted by Gasteiger charge is -2.36. The standard InChI is InChI=1S/C22H24N2O2S3/c1-22(2,3)24(15-16-8-5-4-6-9-16)19(25)11-12-23-20(26)18(29-21(23)27)14-17-10-7-13-28-17/h4-10,13-14H,11-12,15H2,1-3H3.